The Labute approximate surface area is 138 Å². The summed E-state index contributed by atoms with van der Waals surface area (Å²) in [7, 11) is 0. The molecule has 0 N–H and O–H groups in total. The van der Waals surface area contributed by atoms with E-state index >= 15 is 0 Å². The van der Waals surface area contributed by atoms with E-state index in [1.807, 2.05) is 12.1 Å². The molecule has 1 saturated heterocycles. The molecule has 4 rings (SSSR count). The SMILES string of the molecule is Fc1ccc(-c2ccc(C3CCCN(CC4CC4)C3)cc2)cc1. The van der Waals surface area contributed by atoms with Crippen LogP contribution in [0.4, 0.5) is 4.39 Å². The molecule has 0 aromatic heterocycles. The van der Waals surface area contributed by atoms with Gasteiger partial charge in [-0.2, -0.15) is 0 Å². The summed E-state index contributed by atoms with van der Waals surface area (Å²) >= 11 is 0. The van der Waals surface area contributed by atoms with Gasteiger partial charge in [-0.3, -0.25) is 0 Å². The second kappa shape index (κ2) is 6.45. The minimum atomic E-state index is -0.177. The summed E-state index contributed by atoms with van der Waals surface area (Å²) in [5.74, 6) is 1.47. The molecule has 1 heterocycles. The molecule has 0 amide bonds. The molecule has 1 unspecified atom stereocenters. The van der Waals surface area contributed by atoms with Crippen LogP contribution >= 0.6 is 0 Å². The highest BCUT2D eigenvalue weighted by Crippen LogP contribution is 2.33. The molecular formula is C21H24FN. The summed E-state index contributed by atoms with van der Waals surface area (Å²) in [5.41, 5.74) is 3.70. The van der Waals surface area contributed by atoms with Gasteiger partial charge in [0.2, 0.25) is 0 Å². The fraction of sp³-hybridized carbons (Fsp3) is 0.429. The van der Waals surface area contributed by atoms with Crippen molar-refractivity contribution >= 4 is 0 Å². The number of piperidine rings is 1. The average molecular weight is 309 g/mol. The molecule has 0 spiro atoms. The van der Waals surface area contributed by atoms with Gasteiger partial charge >= 0.3 is 0 Å². The quantitative estimate of drug-likeness (QED) is 0.761. The lowest BCUT2D eigenvalue weighted by Gasteiger charge is -2.33. The Morgan fingerprint density at radius 2 is 1.52 bits per heavy atom. The third-order valence-electron chi connectivity index (χ3n) is 5.28. The van der Waals surface area contributed by atoms with Gasteiger partial charge in [-0.1, -0.05) is 36.4 Å². The minimum Gasteiger partial charge on any atom is -0.302 e. The Morgan fingerprint density at radius 1 is 0.870 bits per heavy atom. The number of nitrogens with zero attached hydrogens (tertiary/aromatic N) is 1. The first-order valence-electron chi connectivity index (χ1n) is 8.86. The van der Waals surface area contributed by atoms with Gasteiger partial charge < -0.3 is 4.90 Å². The van der Waals surface area contributed by atoms with E-state index in [2.05, 4.69) is 29.2 Å². The Kier molecular flexibility index (Phi) is 4.17. The molecule has 120 valence electrons. The van der Waals surface area contributed by atoms with Crippen molar-refractivity contribution in [3.63, 3.8) is 0 Å². The zero-order chi connectivity index (χ0) is 15.6. The maximum absolute atomic E-state index is 13.0. The van der Waals surface area contributed by atoms with Crippen molar-refractivity contribution in [2.24, 2.45) is 5.92 Å². The number of hydrogen-bond acceptors (Lipinski definition) is 1. The predicted octanol–water partition coefficient (Wildman–Crippen LogP) is 5.08. The highest BCUT2D eigenvalue weighted by molar-refractivity contribution is 5.63. The lowest BCUT2D eigenvalue weighted by Crippen LogP contribution is -2.35. The summed E-state index contributed by atoms with van der Waals surface area (Å²) in [4.78, 5) is 2.67. The average Bonchev–Trinajstić information content (AvgIpc) is 3.40. The highest BCUT2D eigenvalue weighted by atomic mass is 19.1. The van der Waals surface area contributed by atoms with Crippen LogP contribution in [0.1, 0.15) is 37.2 Å². The van der Waals surface area contributed by atoms with Gasteiger partial charge in [0.25, 0.3) is 0 Å². The molecule has 1 nitrogen and oxygen atoms in total. The molecule has 1 saturated carbocycles. The Bertz CT molecular complexity index is 643. The highest BCUT2D eigenvalue weighted by Gasteiger charge is 2.28. The van der Waals surface area contributed by atoms with E-state index in [0.29, 0.717) is 5.92 Å². The van der Waals surface area contributed by atoms with Crippen LogP contribution in [0.5, 0.6) is 0 Å². The molecule has 1 aliphatic carbocycles. The molecule has 23 heavy (non-hydrogen) atoms. The molecule has 2 heteroatoms. The van der Waals surface area contributed by atoms with Gasteiger partial charge in [-0.25, -0.2) is 4.39 Å². The van der Waals surface area contributed by atoms with Crippen molar-refractivity contribution < 1.29 is 4.39 Å². The van der Waals surface area contributed by atoms with Crippen LogP contribution in [0.2, 0.25) is 0 Å². The Morgan fingerprint density at radius 3 is 2.17 bits per heavy atom. The van der Waals surface area contributed by atoms with Gasteiger partial charge in [-0.05, 0) is 72.9 Å². The van der Waals surface area contributed by atoms with Crippen molar-refractivity contribution in [3.8, 4) is 11.1 Å². The standard InChI is InChI=1S/C21H24FN/c22-21-11-9-18(10-12-21)17-5-7-19(8-6-17)20-2-1-13-23(15-20)14-16-3-4-16/h5-12,16,20H,1-4,13-15H2. The van der Waals surface area contributed by atoms with E-state index in [0.717, 1.165) is 11.5 Å². The minimum absolute atomic E-state index is 0.177. The van der Waals surface area contributed by atoms with Crippen LogP contribution in [0.15, 0.2) is 48.5 Å². The van der Waals surface area contributed by atoms with Crippen molar-refractivity contribution in [1.82, 2.24) is 4.90 Å². The van der Waals surface area contributed by atoms with Crippen LogP contribution in [-0.4, -0.2) is 24.5 Å². The van der Waals surface area contributed by atoms with E-state index in [-0.39, 0.29) is 5.82 Å². The number of halogens is 1. The number of likely N-dealkylation sites (tertiary alicyclic amines) is 1. The van der Waals surface area contributed by atoms with Crippen LogP contribution in [-0.2, 0) is 0 Å². The van der Waals surface area contributed by atoms with Crippen LogP contribution in [0, 0.1) is 11.7 Å². The largest absolute Gasteiger partial charge is 0.302 e. The first kappa shape index (κ1) is 14.9. The zero-order valence-electron chi connectivity index (χ0n) is 13.5. The van der Waals surface area contributed by atoms with E-state index in [9.17, 15) is 4.39 Å². The van der Waals surface area contributed by atoms with Crippen LogP contribution < -0.4 is 0 Å². The van der Waals surface area contributed by atoms with Crippen LogP contribution in [0.3, 0.4) is 0 Å². The fourth-order valence-electron chi connectivity index (χ4n) is 3.75. The van der Waals surface area contributed by atoms with Crippen molar-refractivity contribution in [3.05, 3.63) is 59.9 Å². The van der Waals surface area contributed by atoms with E-state index in [4.69, 9.17) is 0 Å². The summed E-state index contributed by atoms with van der Waals surface area (Å²) in [6, 6.07) is 15.7. The van der Waals surface area contributed by atoms with E-state index < -0.39 is 0 Å². The first-order chi connectivity index (χ1) is 11.3. The zero-order valence-corrected chi connectivity index (χ0v) is 13.5. The van der Waals surface area contributed by atoms with Crippen molar-refractivity contribution in [1.29, 1.82) is 0 Å². The van der Waals surface area contributed by atoms with Gasteiger partial charge in [0.05, 0.1) is 0 Å². The maximum Gasteiger partial charge on any atom is 0.123 e. The second-order valence-corrected chi connectivity index (χ2v) is 7.17. The van der Waals surface area contributed by atoms with Gasteiger partial charge in [-0.15, -0.1) is 0 Å². The second-order valence-electron chi connectivity index (χ2n) is 7.17. The van der Waals surface area contributed by atoms with E-state index in [1.165, 1.54) is 68.6 Å². The maximum atomic E-state index is 13.0. The normalized spacial score (nSPS) is 22.2. The number of benzene rings is 2. The molecule has 2 fully saturated rings. The molecule has 2 aliphatic rings. The number of rotatable bonds is 4. The summed E-state index contributed by atoms with van der Waals surface area (Å²) in [6.45, 7) is 3.80. The third-order valence-corrected chi connectivity index (χ3v) is 5.28. The summed E-state index contributed by atoms with van der Waals surface area (Å²) in [5, 5.41) is 0. The van der Waals surface area contributed by atoms with Gasteiger partial charge in [0.1, 0.15) is 5.82 Å². The molecule has 0 radical (unpaired) electrons. The monoisotopic (exact) mass is 309 g/mol. The summed E-state index contributed by atoms with van der Waals surface area (Å²) in [6.07, 6.45) is 5.50. The fourth-order valence-corrected chi connectivity index (χ4v) is 3.75. The van der Waals surface area contributed by atoms with Gasteiger partial charge in [0.15, 0.2) is 0 Å². The molecular weight excluding hydrogens is 285 g/mol. The Balaban J connectivity index is 1.45. The molecule has 1 atom stereocenters. The predicted molar refractivity (Wildman–Crippen MR) is 93.0 cm³/mol. The third kappa shape index (κ3) is 3.64. The van der Waals surface area contributed by atoms with Gasteiger partial charge in [0, 0.05) is 13.1 Å². The summed E-state index contributed by atoms with van der Waals surface area (Å²) < 4.78 is 13.0. The number of hydrogen-bond donors (Lipinski definition) is 0. The smallest absolute Gasteiger partial charge is 0.123 e. The first-order valence-corrected chi connectivity index (χ1v) is 8.86. The van der Waals surface area contributed by atoms with Crippen LogP contribution in [0.25, 0.3) is 11.1 Å². The molecule has 1 aliphatic heterocycles. The Hall–Kier alpha value is -1.67. The lowest BCUT2D eigenvalue weighted by atomic mass is 9.89. The van der Waals surface area contributed by atoms with E-state index in [1.54, 1.807) is 0 Å². The lowest BCUT2D eigenvalue weighted by molar-refractivity contribution is 0.200. The molecule has 2 aromatic carbocycles. The van der Waals surface area contributed by atoms with Crippen molar-refractivity contribution in [2.45, 2.75) is 31.6 Å². The molecule has 0 bridgehead atoms. The topological polar surface area (TPSA) is 3.24 Å². The molecule has 2 aromatic rings. The van der Waals surface area contributed by atoms with Crippen molar-refractivity contribution in [2.75, 3.05) is 19.6 Å².